The molecule has 0 saturated heterocycles. The minimum absolute atomic E-state index is 0.280. The van der Waals surface area contributed by atoms with Gasteiger partial charge in [-0.3, -0.25) is 4.79 Å². The number of carbonyl (C=O) groups excluding carboxylic acids is 1. The highest BCUT2D eigenvalue weighted by Crippen LogP contribution is 2.17. The smallest absolute Gasteiger partial charge is 0.260 e. The Morgan fingerprint density at radius 3 is 2.61 bits per heavy atom. The molecule has 0 radical (unpaired) electrons. The van der Waals surface area contributed by atoms with Crippen molar-refractivity contribution < 1.29 is 9.18 Å². The number of nitrogens with one attached hydrogen (secondary N) is 1. The van der Waals surface area contributed by atoms with Crippen LogP contribution >= 0.6 is 0 Å². The average Bonchev–Trinajstić information content (AvgIpc) is 2.92. The number of hydrogen-bond donors (Lipinski definition) is 1. The summed E-state index contributed by atoms with van der Waals surface area (Å²) >= 11 is 0. The zero-order valence-corrected chi connectivity index (χ0v) is 12.7. The Morgan fingerprint density at radius 1 is 1.17 bits per heavy atom. The molecule has 1 N–H and O–H groups in total. The summed E-state index contributed by atoms with van der Waals surface area (Å²) in [7, 11) is 0. The summed E-state index contributed by atoms with van der Waals surface area (Å²) in [5, 5.41) is 6.99. The van der Waals surface area contributed by atoms with E-state index >= 15 is 0 Å². The topological polar surface area (TPSA) is 59.8 Å². The molecule has 1 amide bonds. The number of halogens is 1. The summed E-state index contributed by atoms with van der Waals surface area (Å²) in [6.45, 7) is 3.66. The molecule has 2 heterocycles. The average molecular weight is 310 g/mol. The summed E-state index contributed by atoms with van der Waals surface area (Å²) in [6.07, 6.45) is 3.11. The van der Waals surface area contributed by atoms with E-state index in [1.807, 2.05) is 19.1 Å². The third-order valence-corrected chi connectivity index (χ3v) is 3.57. The second kappa shape index (κ2) is 6.00. The van der Waals surface area contributed by atoms with Crippen molar-refractivity contribution in [1.82, 2.24) is 14.8 Å². The van der Waals surface area contributed by atoms with Crippen LogP contribution in [0.3, 0.4) is 0 Å². The lowest BCUT2D eigenvalue weighted by atomic mass is 10.2. The van der Waals surface area contributed by atoms with E-state index in [4.69, 9.17) is 0 Å². The molecular formula is C17H15FN4O. The molecule has 0 bridgehead atoms. The monoisotopic (exact) mass is 310 g/mol. The minimum Gasteiger partial charge on any atom is -0.306 e. The summed E-state index contributed by atoms with van der Waals surface area (Å²) in [4.78, 5) is 16.6. The van der Waals surface area contributed by atoms with Gasteiger partial charge in [0.15, 0.2) is 0 Å². The molecular weight excluding hydrogens is 295 g/mol. The number of benzene rings is 1. The fourth-order valence-corrected chi connectivity index (χ4v) is 2.27. The maximum Gasteiger partial charge on any atom is 0.260 e. The van der Waals surface area contributed by atoms with Gasteiger partial charge in [-0.2, -0.15) is 5.10 Å². The molecule has 0 fully saturated rings. The van der Waals surface area contributed by atoms with Gasteiger partial charge in [-0.1, -0.05) is 6.07 Å². The minimum atomic E-state index is -0.317. The Bertz CT molecular complexity index is 855. The van der Waals surface area contributed by atoms with Crippen LogP contribution in [0.1, 0.15) is 21.6 Å². The number of amides is 1. The number of nitrogens with zero attached hydrogens (tertiary/aromatic N) is 3. The molecule has 0 atom stereocenters. The predicted octanol–water partition coefficient (Wildman–Crippen LogP) is 3.28. The van der Waals surface area contributed by atoms with Crippen LogP contribution in [0.2, 0.25) is 0 Å². The maximum absolute atomic E-state index is 13.0. The summed E-state index contributed by atoms with van der Waals surface area (Å²) in [6, 6.07) is 9.61. The number of rotatable bonds is 3. The molecule has 1 aromatic carbocycles. The lowest BCUT2D eigenvalue weighted by Gasteiger charge is -2.07. The number of carbonyl (C=O) groups is 1. The molecule has 0 unspecified atom stereocenters. The van der Waals surface area contributed by atoms with E-state index < -0.39 is 0 Å². The number of pyridine rings is 1. The standard InChI is InChI=1S/C17H15FN4O/c1-11-4-3-9-19-16(11)21-17(23)15-10-20-22(12(15)2)14-7-5-13(18)6-8-14/h3-10H,1-2H3,(H,19,21,23). The van der Waals surface area contributed by atoms with Crippen molar-refractivity contribution in [2.24, 2.45) is 0 Å². The van der Waals surface area contributed by atoms with E-state index in [9.17, 15) is 9.18 Å². The second-order valence-corrected chi connectivity index (χ2v) is 5.15. The first-order valence-corrected chi connectivity index (χ1v) is 7.10. The summed E-state index contributed by atoms with van der Waals surface area (Å²) in [5.74, 6) is -0.0775. The quantitative estimate of drug-likeness (QED) is 0.807. The second-order valence-electron chi connectivity index (χ2n) is 5.15. The zero-order valence-electron chi connectivity index (χ0n) is 12.7. The molecule has 3 aromatic rings. The molecule has 23 heavy (non-hydrogen) atoms. The van der Waals surface area contributed by atoms with Gasteiger partial charge in [-0.25, -0.2) is 14.1 Å². The Hall–Kier alpha value is -3.02. The maximum atomic E-state index is 13.0. The molecule has 0 saturated carbocycles. The van der Waals surface area contributed by atoms with Gasteiger partial charge in [0.25, 0.3) is 5.91 Å². The van der Waals surface area contributed by atoms with Crippen molar-refractivity contribution in [2.45, 2.75) is 13.8 Å². The van der Waals surface area contributed by atoms with Crippen LogP contribution in [0.4, 0.5) is 10.2 Å². The van der Waals surface area contributed by atoms with E-state index in [2.05, 4.69) is 15.4 Å². The Kier molecular flexibility index (Phi) is 3.89. The summed E-state index contributed by atoms with van der Waals surface area (Å²) < 4.78 is 14.6. The van der Waals surface area contributed by atoms with E-state index in [0.717, 1.165) is 5.56 Å². The number of anilines is 1. The fourth-order valence-electron chi connectivity index (χ4n) is 2.27. The van der Waals surface area contributed by atoms with Gasteiger partial charge in [0.05, 0.1) is 23.1 Å². The van der Waals surface area contributed by atoms with Crippen LogP contribution in [-0.4, -0.2) is 20.7 Å². The van der Waals surface area contributed by atoms with Crippen LogP contribution in [0.25, 0.3) is 5.69 Å². The van der Waals surface area contributed by atoms with E-state index in [1.165, 1.54) is 18.3 Å². The molecule has 5 nitrogen and oxygen atoms in total. The molecule has 6 heteroatoms. The Morgan fingerprint density at radius 2 is 1.91 bits per heavy atom. The number of hydrogen-bond acceptors (Lipinski definition) is 3. The first kappa shape index (κ1) is 14.9. The largest absolute Gasteiger partial charge is 0.306 e. The Labute approximate surface area is 132 Å². The SMILES string of the molecule is Cc1cccnc1NC(=O)c1cnn(-c2ccc(F)cc2)c1C. The van der Waals surface area contributed by atoms with Crippen molar-refractivity contribution in [3.05, 3.63) is 71.4 Å². The molecule has 3 rings (SSSR count). The van der Waals surface area contributed by atoms with Gasteiger partial charge in [0, 0.05) is 6.20 Å². The van der Waals surface area contributed by atoms with Gasteiger partial charge >= 0.3 is 0 Å². The number of aryl methyl sites for hydroxylation is 1. The fraction of sp³-hybridized carbons (Fsp3) is 0.118. The number of aromatic nitrogens is 3. The van der Waals surface area contributed by atoms with Gasteiger partial charge < -0.3 is 5.32 Å². The van der Waals surface area contributed by atoms with Gasteiger partial charge in [-0.05, 0) is 49.7 Å². The lowest BCUT2D eigenvalue weighted by molar-refractivity contribution is 0.102. The summed E-state index contributed by atoms with van der Waals surface area (Å²) in [5.41, 5.74) is 2.68. The van der Waals surface area contributed by atoms with Gasteiger partial charge in [0.1, 0.15) is 11.6 Å². The van der Waals surface area contributed by atoms with E-state index in [-0.39, 0.29) is 11.7 Å². The van der Waals surface area contributed by atoms with Crippen LogP contribution in [-0.2, 0) is 0 Å². The normalized spacial score (nSPS) is 10.6. The first-order chi connectivity index (χ1) is 11.1. The van der Waals surface area contributed by atoms with Crippen molar-refractivity contribution in [2.75, 3.05) is 5.32 Å². The highest BCUT2D eigenvalue weighted by atomic mass is 19.1. The van der Waals surface area contributed by atoms with Gasteiger partial charge in [-0.15, -0.1) is 0 Å². The van der Waals surface area contributed by atoms with E-state index in [0.29, 0.717) is 22.8 Å². The van der Waals surface area contributed by atoms with Crippen molar-refractivity contribution in [3.8, 4) is 5.69 Å². The molecule has 0 aliphatic carbocycles. The first-order valence-electron chi connectivity index (χ1n) is 7.10. The highest BCUT2D eigenvalue weighted by molar-refractivity contribution is 6.04. The van der Waals surface area contributed by atoms with Crippen LogP contribution in [0, 0.1) is 19.7 Å². The highest BCUT2D eigenvalue weighted by Gasteiger charge is 2.16. The zero-order chi connectivity index (χ0) is 16.4. The third kappa shape index (κ3) is 2.96. The Balaban J connectivity index is 1.88. The van der Waals surface area contributed by atoms with Crippen molar-refractivity contribution in [1.29, 1.82) is 0 Å². The molecule has 116 valence electrons. The molecule has 0 aliphatic rings. The lowest BCUT2D eigenvalue weighted by Crippen LogP contribution is -2.14. The molecule has 0 aliphatic heterocycles. The van der Waals surface area contributed by atoms with Crippen molar-refractivity contribution >= 4 is 11.7 Å². The third-order valence-electron chi connectivity index (χ3n) is 3.57. The van der Waals surface area contributed by atoms with E-state index in [1.54, 1.807) is 29.9 Å². The van der Waals surface area contributed by atoms with Crippen LogP contribution in [0.5, 0.6) is 0 Å². The van der Waals surface area contributed by atoms with Crippen LogP contribution < -0.4 is 5.32 Å². The van der Waals surface area contributed by atoms with Crippen LogP contribution in [0.15, 0.2) is 48.8 Å². The van der Waals surface area contributed by atoms with Crippen molar-refractivity contribution in [3.63, 3.8) is 0 Å². The van der Waals surface area contributed by atoms with Gasteiger partial charge in [0.2, 0.25) is 0 Å². The predicted molar refractivity (Wildman–Crippen MR) is 85.2 cm³/mol. The molecule has 2 aromatic heterocycles. The molecule has 0 spiro atoms.